The fourth-order valence-electron chi connectivity index (χ4n) is 2.73. The zero-order chi connectivity index (χ0) is 22.1. The molecule has 0 radical (unpaired) electrons. The average Bonchev–Trinajstić information content (AvgIpc) is 2.73. The van der Waals surface area contributed by atoms with Crippen LogP contribution in [0.5, 0.6) is 11.5 Å². The molecule has 0 aliphatic heterocycles. The van der Waals surface area contributed by atoms with E-state index in [0.717, 1.165) is 0 Å². The zero-order valence-electron chi connectivity index (χ0n) is 17.4. The number of nitrogens with one attached hydrogen (secondary N) is 2. The first-order valence-electron chi connectivity index (χ1n) is 9.57. The van der Waals surface area contributed by atoms with Gasteiger partial charge < -0.3 is 14.8 Å². The van der Waals surface area contributed by atoms with E-state index in [1.54, 1.807) is 38.1 Å². The van der Waals surface area contributed by atoms with Crippen LogP contribution in [0.25, 0.3) is 0 Å². The van der Waals surface area contributed by atoms with Gasteiger partial charge in [0, 0.05) is 5.56 Å². The topological polar surface area (TPSA) is 89.0 Å². The van der Waals surface area contributed by atoms with E-state index in [0.29, 0.717) is 23.7 Å². The molecule has 0 saturated carbocycles. The number of carbonyl (C=O) groups is 2. The van der Waals surface area contributed by atoms with Crippen LogP contribution in [0.1, 0.15) is 36.7 Å². The molecule has 0 spiro atoms. The molecule has 160 valence electrons. The highest BCUT2D eigenvalue weighted by atomic mass is 19.1. The van der Waals surface area contributed by atoms with Gasteiger partial charge in [0.2, 0.25) is 0 Å². The van der Waals surface area contributed by atoms with Crippen molar-refractivity contribution in [3.63, 3.8) is 0 Å². The highest BCUT2D eigenvalue weighted by Gasteiger charge is 2.25. The first kappa shape index (κ1) is 22.9. The molecule has 1 atom stereocenters. The monoisotopic (exact) mass is 415 g/mol. The summed E-state index contributed by atoms with van der Waals surface area (Å²) in [6.07, 6.45) is 1.43. The van der Waals surface area contributed by atoms with Crippen LogP contribution in [0.4, 0.5) is 4.39 Å². The molecule has 2 N–H and O–H groups in total. The van der Waals surface area contributed by atoms with Crippen molar-refractivity contribution in [1.29, 1.82) is 0 Å². The Balaban J connectivity index is 2.11. The smallest absolute Gasteiger partial charge is 0.262 e. The molecule has 0 aromatic heterocycles. The third-order valence-electron chi connectivity index (χ3n) is 4.25. The van der Waals surface area contributed by atoms with E-state index in [1.165, 1.54) is 31.5 Å². The van der Waals surface area contributed by atoms with E-state index < -0.39 is 23.7 Å². The van der Waals surface area contributed by atoms with Crippen LogP contribution in [0, 0.1) is 11.7 Å². The lowest BCUT2D eigenvalue weighted by Crippen LogP contribution is -2.48. The molecular weight excluding hydrogens is 389 g/mol. The van der Waals surface area contributed by atoms with Gasteiger partial charge >= 0.3 is 0 Å². The van der Waals surface area contributed by atoms with Crippen LogP contribution >= 0.6 is 0 Å². The number of hydrogen-bond acceptors (Lipinski definition) is 5. The van der Waals surface area contributed by atoms with Crippen LogP contribution in [0.2, 0.25) is 0 Å². The number of halogens is 1. The van der Waals surface area contributed by atoms with Gasteiger partial charge in [-0.3, -0.25) is 9.59 Å². The van der Waals surface area contributed by atoms with Crippen molar-refractivity contribution in [3.05, 3.63) is 59.4 Å². The molecule has 8 heteroatoms. The summed E-state index contributed by atoms with van der Waals surface area (Å²) in [6.45, 7) is 5.82. The van der Waals surface area contributed by atoms with Crippen molar-refractivity contribution in [1.82, 2.24) is 10.7 Å². The summed E-state index contributed by atoms with van der Waals surface area (Å²) in [7, 11) is 1.53. The number of rotatable bonds is 9. The number of para-hydroxylation sites is 1. The molecule has 0 fully saturated rings. The largest absolute Gasteiger partial charge is 0.493 e. The van der Waals surface area contributed by atoms with Gasteiger partial charge in [0.25, 0.3) is 11.8 Å². The molecule has 0 aliphatic rings. The molecule has 0 saturated heterocycles. The Morgan fingerprint density at radius 2 is 1.90 bits per heavy atom. The van der Waals surface area contributed by atoms with Crippen molar-refractivity contribution in [2.24, 2.45) is 11.0 Å². The second-order valence-corrected chi connectivity index (χ2v) is 6.72. The van der Waals surface area contributed by atoms with Crippen LogP contribution < -0.4 is 20.2 Å². The number of hydrogen-bond donors (Lipinski definition) is 2. The van der Waals surface area contributed by atoms with E-state index in [4.69, 9.17) is 9.47 Å². The van der Waals surface area contributed by atoms with Gasteiger partial charge in [-0.25, -0.2) is 9.82 Å². The molecule has 0 heterocycles. The van der Waals surface area contributed by atoms with E-state index in [9.17, 15) is 14.0 Å². The summed E-state index contributed by atoms with van der Waals surface area (Å²) in [4.78, 5) is 24.9. The second-order valence-electron chi connectivity index (χ2n) is 6.72. The highest BCUT2D eigenvalue weighted by Crippen LogP contribution is 2.29. The van der Waals surface area contributed by atoms with E-state index in [-0.39, 0.29) is 11.5 Å². The van der Waals surface area contributed by atoms with Gasteiger partial charge in [0.1, 0.15) is 11.9 Å². The van der Waals surface area contributed by atoms with Crippen LogP contribution in [0.3, 0.4) is 0 Å². The SMILES string of the molecule is CCOc1c(C=NNC(=O)C(NC(=O)c2ccccc2F)C(C)C)cccc1OC. The molecule has 2 aromatic carbocycles. The number of benzene rings is 2. The fraction of sp³-hybridized carbons (Fsp3) is 0.318. The number of amides is 2. The number of ether oxygens (including phenoxy) is 2. The molecule has 0 bridgehead atoms. The maximum atomic E-state index is 13.8. The van der Waals surface area contributed by atoms with Crippen molar-refractivity contribution in [2.75, 3.05) is 13.7 Å². The maximum Gasteiger partial charge on any atom is 0.262 e. The van der Waals surface area contributed by atoms with Gasteiger partial charge in [-0.1, -0.05) is 32.0 Å². The molecular formula is C22H26FN3O4. The van der Waals surface area contributed by atoms with Crippen LogP contribution in [-0.2, 0) is 4.79 Å². The van der Waals surface area contributed by atoms with Crippen molar-refractivity contribution >= 4 is 18.0 Å². The quantitative estimate of drug-likeness (QED) is 0.486. The summed E-state index contributed by atoms with van der Waals surface area (Å²) < 4.78 is 24.7. The third-order valence-corrected chi connectivity index (χ3v) is 4.25. The van der Waals surface area contributed by atoms with Crippen LogP contribution in [0.15, 0.2) is 47.6 Å². The van der Waals surface area contributed by atoms with Crippen LogP contribution in [-0.4, -0.2) is 37.8 Å². The Bertz CT molecular complexity index is 915. The number of methoxy groups -OCH3 is 1. The molecule has 1 unspecified atom stereocenters. The van der Waals surface area contributed by atoms with Gasteiger partial charge in [-0.05, 0) is 37.1 Å². The number of hydrazone groups is 1. The maximum absolute atomic E-state index is 13.8. The van der Waals surface area contributed by atoms with Gasteiger partial charge in [-0.2, -0.15) is 5.10 Å². The third kappa shape index (κ3) is 5.79. The lowest BCUT2D eigenvalue weighted by atomic mass is 10.0. The fourth-order valence-corrected chi connectivity index (χ4v) is 2.73. The molecule has 2 rings (SSSR count). The number of nitrogens with zero attached hydrogens (tertiary/aromatic N) is 1. The normalized spacial score (nSPS) is 11.9. The van der Waals surface area contributed by atoms with E-state index in [1.807, 2.05) is 6.92 Å². The minimum atomic E-state index is -0.897. The standard InChI is InChI=1S/C22H26FN3O4/c1-5-30-20-15(9-8-12-18(20)29-4)13-24-26-22(28)19(14(2)3)25-21(27)16-10-6-7-11-17(16)23/h6-14,19H,5H2,1-4H3,(H,25,27)(H,26,28). The first-order chi connectivity index (χ1) is 14.4. The Hall–Kier alpha value is -3.42. The van der Waals surface area contributed by atoms with Gasteiger partial charge in [-0.15, -0.1) is 0 Å². The number of carbonyl (C=O) groups excluding carboxylic acids is 2. The minimum Gasteiger partial charge on any atom is -0.493 e. The Kier molecular flexibility index (Phi) is 8.34. The summed E-state index contributed by atoms with van der Waals surface area (Å²) in [5.74, 6) is -1.04. The summed E-state index contributed by atoms with van der Waals surface area (Å²) in [5, 5.41) is 6.54. The highest BCUT2D eigenvalue weighted by molar-refractivity contribution is 5.98. The molecule has 30 heavy (non-hydrogen) atoms. The second kappa shape index (κ2) is 10.9. The average molecular weight is 415 g/mol. The first-order valence-corrected chi connectivity index (χ1v) is 9.57. The van der Waals surface area contributed by atoms with Gasteiger partial charge in [0.05, 0.1) is 25.5 Å². The molecule has 2 aromatic rings. The molecule has 0 aliphatic carbocycles. The Labute approximate surface area is 175 Å². The Morgan fingerprint density at radius 3 is 2.53 bits per heavy atom. The Morgan fingerprint density at radius 1 is 1.17 bits per heavy atom. The van der Waals surface area contributed by atoms with Crippen molar-refractivity contribution in [2.45, 2.75) is 26.8 Å². The summed E-state index contributed by atoms with van der Waals surface area (Å²) in [5.41, 5.74) is 2.91. The molecule has 7 nitrogen and oxygen atoms in total. The lowest BCUT2D eigenvalue weighted by Gasteiger charge is -2.20. The molecule has 2 amide bonds. The van der Waals surface area contributed by atoms with Gasteiger partial charge in [0.15, 0.2) is 11.5 Å². The van der Waals surface area contributed by atoms with E-state index >= 15 is 0 Å². The van der Waals surface area contributed by atoms with Crippen molar-refractivity contribution in [3.8, 4) is 11.5 Å². The zero-order valence-corrected chi connectivity index (χ0v) is 17.4. The predicted octanol–water partition coefficient (Wildman–Crippen LogP) is 3.14. The summed E-state index contributed by atoms with van der Waals surface area (Å²) >= 11 is 0. The van der Waals surface area contributed by atoms with E-state index in [2.05, 4.69) is 15.8 Å². The predicted molar refractivity (Wildman–Crippen MR) is 112 cm³/mol. The minimum absolute atomic E-state index is 0.128. The lowest BCUT2D eigenvalue weighted by molar-refractivity contribution is -0.123. The summed E-state index contributed by atoms with van der Waals surface area (Å²) in [6, 6.07) is 9.99. The van der Waals surface area contributed by atoms with Crippen molar-refractivity contribution < 1.29 is 23.5 Å².